The fourth-order valence-electron chi connectivity index (χ4n) is 3.14. The average molecular weight is 435 g/mol. The maximum Gasteiger partial charge on any atom is 0.261 e. The Balaban J connectivity index is 1.44. The monoisotopic (exact) mass is 433 g/mol. The lowest BCUT2D eigenvalue weighted by atomic mass is 10.2. The van der Waals surface area contributed by atoms with Gasteiger partial charge >= 0.3 is 0 Å². The van der Waals surface area contributed by atoms with E-state index in [1.54, 1.807) is 16.7 Å². The van der Waals surface area contributed by atoms with Gasteiger partial charge in [0.2, 0.25) is 0 Å². The first-order chi connectivity index (χ1) is 12.6. The van der Waals surface area contributed by atoms with Gasteiger partial charge in [0.15, 0.2) is 0 Å². The molecule has 0 amide bonds. The maximum atomic E-state index is 12.6. The summed E-state index contributed by atoms with van der Waals surface area (Å²) in [6.45, 7) is 1.86. The van der Waals surface area contributed by atoms with Crippen LogP contribution in [0.25, 0.3) is 10.9 Å². The Bertz CT molecular complexity index is 1040. The molecular weight excluding hydrogens is 418 g/mol. The van der Waals surface area contributed by atoms with Gasteiger partial charge in [0.05, 0.1) is 15.4 Å². The van der Waals surface area contributed by atoms with Crippen LogP contribution in [0.3, 0.4) is 0 Å². The molecule has 5 nitrogen and oxygen atoms in total. The molecule has 0 aliphatic carbocycles. The van der Waals surface area contributed by atoms with Crippen LogP contribution in [0.15, 0.2) is 45.7 Å². The molecule has 0 radical (unpaired) electrons. The van der Waals surface area contributed by atoms with Gasteiger partial charge in [-0.05, 0) is 58.7 Å². The van der Waals surface area contributed by atoms with Gasteiger partial charge in [-0.2, -0.15) is 0 Å². The van der Waals surface area contributed by atoms with Gasteiger partial charge < -0.3 is 10.1 Å². The van der Waals surface area contributed by atoms with Crippen LogP contribution >= 0.6 is 27.5 Å². The summed E-state index contributed by atoms with van der Waals surface area (Å²) in [5.74, 6) is 1.64. The van der Waals surface area contributed by atoms with Crippen molar-refractivity contribution in [1.82, 2.24) is 9.55 Å². The van der Waals surface area contributed by atoms with Gasteiger partial charge in [-0.25, -0.2) is 4.98 Å². The molecule has 2 heterocycles. The van der Waals surface area contributed by atoms with Crippen molar-refractivity contribution >= 4 is 44.1 Å². The number of nitrogens with one attached hydrogen (secondary N) is 1. The highest BCUT2D eigenvalue weighted by Crippen LogP contribution is 2.27. The summed E-state index contributed by atoms with van der Waals surface area (Å²) in [6, 6.07) is 11.1. The lowest BCUT2D eigenvalue weighted by Crippen LogP contribution is -2.21. The van der Waals surface area contributed by atoms with E-state index in [1.165, 1.54) is 0 Å². The third-order valence-electron chi connectivity index (χ3n) is 4.40. The minimum Gasteiger partial charge on any atom is -0.491 e. The van der Waals surface area contributed by atoms with Crippen molar-refractivity contribution in [3.8, 4) is 5.75 Å². The molecule has 0 saturated carbocycles. The van der Waals surface area contributed by atoms with E-state index in [0.717, 1.165) is 46.6 Å². The number of fused-ring (bicyclic) bond motifs is 2. The van der Waals surface area contributed by atoms with Crippen molar-refractivity contribution in [1.29, 1.82) is 0 Å². The summed E-state index contributed by atoms with van der Waals surface area (Å²) in [5, 5.41) is 4.60. The van der Waals surface area contributed by atoms with Gasteiger partial charge in [-0.15, -0.1) is 0 Å². The molecule has 0 unspecified atom stereocenters. The Hall–Kier alpha value is -2.05. The Labute approximate surface area is 164 Å². The van der Waals surface area contributed by atoms with Crippen LogP contribution in [-0.4, -0.2) is 22.7 Å². The molecule has 0 bridgehead atoms. The van der Waals surface area contributed by atoms with Crippen LogP contribution in [0.5, 0.6) is 5.75 Å². The molecule has 1 N–H and O–H groups in total. The van der Waals surface area contributed by atoms with Crippen molar-refractivity contribution in [2.75, 3.05) is 18.5 Å². The van der Waals surface area contributed by atoms with Crippen LogP contribution in [-0.2, 0) is 13.0 Å². The molecule has 2 aromatic carbocycles. The summed E-state index contributed by atoms with van der Waals surface area (Å²) in [7, 11) is 0. The first-order valence-corrected chi connectivity index (χ1v) is 9.64. The predicted octanol–water partition coefficient (Wildman–Crippen LogP) is 4.25. The molecule has 0 fully saturated rings. The largest absolute Gasteiger partial charge is 0.491 e. The number of hydrogen-bond donors (Lipinski definition) is 1. The van der Waals surface area contributed by atoms with Crippen molar-refractivity contribution < 1.29 is 4.74 Å². The number of nitrogens with zero attached hydrogens (tertiary/aromatic N) is 2. The highest BCUT2D eigenvalue weighted by molar-refractivity contribution is 9.10. The SMILES string of the molecule is O=c1c2cc(NCCOc3ccc(Cl)cc3Br)ccc2nc2n1CCC2. The normalized spacial score (nSPS) is 13.0. The summed E-state index contributed by atoms with van der Waals surface area (Å²) in [6.07, 6.45) is 1.87. The molecule has 0 spiro atoms. The van der Waals surface area contributed by atoms with E-state index in [4.69, 9.17) is 16.3 Å². The first kappa shape index (κ1) is 17.4. The van der Waals surface area contributed by atoms with Crippen LogP contribution in [0.4, 0.5) is 5.69 Å². The number of rotatable bonds is 5. The highest BCUT2D eigenvalue weighted by atomic mass is 79.9. The van der Waals surface area contributed by atoms with E-state index in [0.29, 0.717) is 23.6 Å². The third kappa shape index (κ3) is 3.44. The lowest BCUT2D eigenvalue weighted by Gasteiger charge is -2.11. The molecule has 134 valence electrons. The predicted molar refractivity (Wildman–Crippen MR) is 107 cm³/mol. The first-order valence-electron chi connectivity index (χ1n) is 8.47. The molecular formula is C19H17BrClN3O2. The zero-order chi connectivity index (χ0) is 18.1. The average Bonchev–Trinajstić information content (AvgIpc) is 3.09. The van der Waals surface area contributed by atoms with Crippen molar-refractivity contribution in [3.63, 3.8) is 0 Å². The quantitative estimate of drug-likeness (QED) is 0.610. The van der Waals surface area contributed by atoms with Gasteiger partial charge in [-0.1, -0.05) is 11.6 Å². The van der Waals surface area contributed by atoms with E-state index in [-0.39, 0.29) is 5.56 Å². The second kappa shape index (κ2) is 7.29. The van der Waals surface area contributed by atoms with Gasteiger partial charge in [0, 0.05) is 30.2 Å². The fraction of sp³-hybridized carbons (Fsp3) is 0.263. The summed E-state index contributed by atoms with van der Waals surface area (Å²) < 4.78 is 8.35. The van der Waals surface area contributed by atoms with E-state index >= 15 is 0 Å². The molecule has 3 aromatic rings. The van der Waals surface area contributed by atoms with E-state index < -0.39 is 0 Å². The van der Waals surface area contributed by atoms with E-state index in [9.17, 15) is 4.79 Å². The summed E-state index contributed by atoms with van der Waals surface area (Å²) >= 11 is 9.35. The Kier molecular flexibility index (Phi) is 4.87. The molecule has 0 saturated heterocycles. The topological polar surface area (TPSA) is 56.1 Å². The van der Waals surface area contributed by atoms with Crippen molar-refractivity contribution in [2.24, 2.45) is 0 Å². The van der Waals surface area contributed by atoms with Gasteiger partial charge in [-0.3, -0.25) is 9.36 Å². The van der Waals surface area contributed by atoms with Gasteiger partial charge in [0.25, 0.3) is 5.56 Å². The smallest absolute Gasteiger partial charge is 0.261 e. The number of aromatic nitrogens is 2. The van der Waals surface area contributed by atoms with E-state index in [1.807, 2.05) is 24.3 Å². The van der Waals surface area contributed by atoms with Crippen molar-refractivity contribution in [3.05, 3.63) is 62.1 Å². The molecule has 4 rings (SSSR count). The standard InChI is InChI=1S/C19H17BrClN3O2/c20-15-10-12(21)3-6-17(15)26-9-7-22-13-4-5-16-14(11-13)19(25)24-8-1-2-18(24)23-16/h3-6,10-11,22H,1-2,7-9H2. The number of halogens is 2. The van der Waals surface area contributed by atoms with Crippen LogP contribution in [0.1, 0.15) is 12.2 Å². The Morgan fingerprint density at radius 3 is 3.00 bits per heavy atom. The zero-order valence-corrected chi connectivity index (χ0v) is 16.3. The maximum absolute atomic E-state index is 12.6. The van der Waals surface area contributed by atoms with Crippen LogP contribution in [0.2, 0.25) is 5.02 Å². The number of benzene rings is 2. The molecule has 1 aromatic heterocycles. The molecule has 7 heteroatoms. The van der Waals surface area contributed by atoms with Crippen LogP contribution < -0.4 is 15.6 Å². The summed E-state index contributed by atoms with van der Waals surface area (Å²) in [4.78, 5) is 17.2. The van der Waals surface area contributed by atoms with Crippen molar-refractivity contribution in [2.45, 2.75) is 19.4 Å². The zero-order valence-electron chi connectivity index (χ0n) is 14.0. The number of ether oxygens (including phenoxy) is 1. The molecule has 26 heavy (non-hydrogen) atoms. The minimum absolute atomic E-state index is 0.0486. The number of hydrogen-bond acceptors (Lipinski definition) is 4. The van der Waals surface area contributed by atoms with Crippen LogP contribution in [0, 0.1) is 0 Å². The Morgan fingerprint density at radius 2 is 2.15 bits per heavy atom. The second-order valence-electron chi connectivity index (χ2n) is 6.17. The molecule has 1 aliphatic heterocycles. The number of aryl methyl sites for hydroxylation is 1. The van der Waals surface area contributed by atoms with E-state index in [2.05, 4.69) is 26.2 Å². The minimum atomic E-state index is 0.0486. The second-order valence-corrected chi connectivity index (χ2v) is 7.46. The third-order valence-corrected chi connectivity index (χ3v) is 5.25. The fourth-order valence-corrected chi connectivity index (χ4v) is 3.94. The Morgan fingerprint density at radius 1 is 1.27 bits per heavy atom. The number of anilines is 1. The molecule has 1 aliphatic rings. The summed E-state index contributed by atoms with van der Waals surface area (Å²) in [5.41, 5.74) is 1.69. The van der Waals surface area contributed by atoms with Gasteiger partial charge in [0.1, 0.15) is 18.2 Å². The molecule has 0 atom stereocenters. The highest BCUT2D eigenvalue weighted by Gasteiger charge is 2.16. The lowest BCUT2D eigenvalue weighted by molar-refractivity contribution is 0.331.